The van der Waals surface area contributed by atoms with Gasteiger partial charge in [0.15, 0.2) is 11.2 Å². The fraction of sp³-hybridized carbons (Fsp3) is 0.667. The molecule has 84 valence electrons. The van der Waals surface area contributed by atoms with E-state index in [1.807, 2.05) is 21.1 Å². The number of nitrogens with one attached hydrogen (secondary N) is 1. The first-order valence-electron chi connectivity index (χ1n) is 4.69. The van der Waals surface area contributed by atoms with Crippen LogP contribution < -0.4 is 5.32 Å². The Labute approximate surface area is 94.4 Å². The summed E-state index contributed by atoms with van der Waals surface area (Å²) in [6.45, 7) is 0. The highest BCUT2D eigenvalue weighted by Crippen LogP contribution is 2.12. The highest BCUT2D eigenvalue weighted by atomic mass is 32.1. The van der Waals surface area contributed by atoms with E-state index in [1.165, 1.54) is 0 Å². The van der Waals surface area contributed by atoms with Gasteiger partial charge in [0.05, 0.1) is 27.2 Å². The van der Waals surface area contributed by atoms with Gasteiger partial charge in [-0.2, -0.15) is 0 Å². The van der Waals surface area contributed by atoms with Gasteiger partial charge in [0.2, 0.25) is 0 Å². The maximum Gasteiger partial charge on any atom is 0.362 e. The summed E-state index contributed by atoms with van der Waals surface area (Å²) in [5, 5.41) is 12.5. The Balaban J connectivity index is 2.65. The lowest BCUT2D eigenvalue weighted by molar-refractivity contribution is -0.887. The van der Waals surface area contributed by atoms with Crippen molar-refractivity contribution in [3.05, 3.63) is 0 Å². The van der Waals surface area contributed by atoms with Gasteiger partial charge < -0.3 is 14.9 Å². The lowest BCUT2D eigenvalue weighted by Gasteiger charge is -2.32. The molecule has 15 heavy (non-hydrogen) atoms. The monoisotopic (exact) mass is 230 g/mol. The molecule has 0 aromatic heterocycles. The summed E-state index contributed by atoms with van der Waals surface area (Å²) in [6, 6.07) is -0.522. The summed E-state index contributed by atoms with van der Waals surface area (Å²) in [5.41, 5.74) is 0. The number of likely N-dealkylation sites (N-methyl/N-ethyl adjacent to an activating group) is 1. The standard InChI is InChI=1S/C9H15N3O2S/c1-12(2,3)7(8(13)14)4-6-5-10-9(15)11-6/h5-7H,4H2,1-3H3,(H-,11,13,14,15)/p+1/t6?,7-/m0/s1. The maximum absolute atomic E-state index is 11.1. The number of hydrogen-bond donors (Lipinski definition) is 2. The topological polar surface area (TPSA) is 61.7 Å². The molecule has 6 heteroatoms. The molecule has 0 saturated carbocycles. The molecule has 2 atom stereocenters. The SMILES string of the molecule is C[N+](C)(C)[C@@H](CC1C=NC(=S)N1)C(=O)O. The van der Waals surface area contributed by atoms with Gasteiger partial charge in [-0.1, -0.05) is 0 Å². The minimum Gasteiger partial charge on any atom is -0.477 e. The summed E-state index contributed by atoms with van der Waals surface area (Å²) in [7, 11) is 5.59. The molecular formula is C9H16N3O2S+. The molecule has 0 radical (unpaired) electrons. The van der Waals surface area contributed by atoms with E-state index in [0.29, 0.717) is 16.0 Å². The third-order valence-electron chi connectivity index (χ3n) is 2.38. The minimum atomic E-state index is -0.796. The molecule has 0 spiro atoms. The van der Waals surface area contributed by atoms with Crippen molar-refractivity contribution in [1.29, 1.82) is 0 Å². The summed E-state index contributed by atoms with van der Waals surface area (Å²) in [6.07, 6.45) is 2.16. The van der Waals surface area contributed by atoms with Gasteiger partial charge >= 0.3 is 5.97 Å². The van der Waals surface area contributed by atoms with Gasteiger partial charge in [-0.05, 0) is 12.2 Å². The number of nitrogens with zero attached hydrogens (tertiary/aromatic N) is 2. The Kier molecular flexibility index (Phi) is 3.41. The first-order chi connectivity index (χ1) is 6.80. The molecule has 0 aromatic rings. The fourth-order valence-corrected chi connectivity index (χ4v) is 1.71. The lowest BCUT2D eigenvalue weighted by Crippen LogP contribution is -2.52. The first kappa shape index (κ1) is 12.1. The van der Waals surface area contributed by atoms with Gasteiger partial charge in [-0.15, -0.1) is 0 Å². The highest BCUT2D eigenvalue weighted by Gasteiger charge is 2.34. The molecule has 1 aliphatic rings. The van der Waals surface area contributed by atoms with Crippen LogP contribution in [-0.2, 0) is 4.79 Å². The van der Waals surface area contributed by atoms with Crippen LogP contribution in [0.4, 0.5) is 0 Å². The Morgan fingerprint density at radius 2 is 2.33 bits per heavy atom. The number of hydrogen-bond acceptors (Lipinski definition) is 2. The Bertz CT molecular complexity index is 309. The van der Waals surface area contributed by atoms with Crippen LogP contribution in [0.1, 0.15) is 6.42 Å². The summed E-state index contributed by atoms with van der Waals surface area (Å²) < 4.78 is 0.383. The average Bonchev–Trinajstić information content (AvgIpc) is 2.44. The number of thiocarbonyl (C=S) groups is 1. The highest BCUT2D eigenvalue weighted by molar-refractivity contribution is 7.80. The molecule has 1 aliphatic heterocycles. The van der Waals surface area contributed by atoms with Crippen molar-refractivity contribution in [1.82, 2.24) is 5.32 Å². The predicted octanol–water partition coefficient (Wildman–Crippen LogP) is -0.137. The van der Waals surface area contributed by atoms with E-state index in [9.17, 15) is 4.79 Å². The number of aliphatic carboxylic acids is 1. The van der Waals surface area contributed by atoms with Crippen molar-refractivity contribution in [3.8, 4) is 0 Å². The van der Waals surface area contributed by atoms with E-state index in [0.717, 1.165) is 0 Å². The Hall–Kier alpha value is -1.01. The molecule has 0 aromatic carbocycles. The zero-order valence-electron chi connectivity index (χ0n) is 9.10. The normalized spacial score (nSPS) is 22.6. The number of aliphatic imine (C=N–C) groups is 1. The second-order valence-electron chi connectivity index (χ2n) is 4.54. The Morgan fingerprint density at radius 1 is 1.73 bits per heavy atom. The van der Waals surface area contributed by atoms with E-state index in [-0.39, 0.29) is 6.04 Å². The number of quaternary nitrogens is 1. The molecule has 0 saturated heterocycles. The van der Waals surface area contributed by atoms with E-state index < -0.39 is 12.0 Å². The largest absolute Gasteiger partial charge is 0.477 e. The zero-order chi connectivity index (χ0) is 11.6. The van der Waals surface area contributed by atoms with Crippen molar-refractivity contribution in [2.24, 2.45) is 4.99 Å². The quantitative estimate of drug-likeness (QED) is 0.521. The molecule has 0 fully saturated rings. The van der Waals surface area contributed by atoms with E-state index in [4.69, 9.17) is 17.3 Å². The number of carboxylic acid groups (broad SMARTS) is 1. The van der Waals surface area contributed by atoms with Crippen LogP contribution in [0.5, 0.6) is 0 Å². The van der Waals surface area contributed by atoms with Crippen LogP contribution in [0.2, 0.25) is 0 Å². The van der Waals surface area contributed by atoms with Gasteiger partial charge in [-0.3, -0.25) is 0 Å². The number of carboxylic acids is 1. The van der Waals surface area contributed by atoms with E-state index in [1.54, 1.807) is 6.21 Å². The predicted molar refractivity (Wildman–Crippen MR) is 62.1 cm³/mol. The molecule has 0 bridgehead atoms. The molecule has 1 heterocycles. The van der Waals surface area contributed by atoms with Gasteiger partial charge in [0.25, 0.3) is 0 Å². The van der Waals surface area contributed by atoms with Crippen LogP contribution in [-0.4, -0.2) is 60.1 Å². The summed E-state index contributed by atoms with van der Waals surface area (Å²) in [4.78, 5) is 15.0. The molecule has 0 amide bonds. The minimum absolute atomic E-state index is 0.0593. The fourth-order valence-electron chi connectivity index (χ4n) is 1.50. The molecule has 1 rings (SSSR count). The maximum atomic E-state index is 11.1. The number of carbonyl (C=O) groups is 1. The summed E-state index contributed by atoms with van der Waals surface area (Å²) >= 11 is 4.85. The van der Waals surface area contributed by atoms with E-state index >= 15 is 0 Å². The van der Waals surface area contributed by atoms with Crippen molar-refractivity contribution in [2.75, 3.05) is 21.1 Å². The second-order valence-corrected chi connectivity index (χ2v) is 4.93. The first-order valence-corrected chi connectivity index (χ1v) is 5.10. The van der Waals surface area contributed by atoms with Gasteiger partial charge in [0, 0.05) is 12.6 Å². The third-order valence-corrected chi connectivity index (χ3v) is 2.60. The molecule has 5 nitrogen and oxygen atoms in total. The van der Waals surface area contributed by atoms with Crippen molar-refractivity contribution < 1.29 is 14.4 Å². The molecular weight excluding hydrogens is 214 g/mol. The van der Waals surface area contributed by atoms with Crippen molar-refractivity contribution >= 4 is 29.5 Å². The number of rotatable bonds is 4. The van der Waals surface area contributed by atoms with E-state index in [2.05, 4.69) is 10.3 Å². The second kappa shape index (κ2) is 4.24. The summed E-state index contributed by atoms with van der Waals surface area (Å²) in [5.74, 6) is -0.796. The van der Waals surface area contributed by atoms with Crippen LogP contribution in [0.15, 0.2) is 4.99 Å². The average molecular weight is 230 g/mol. The lowest BCUT2D eigenvalue weighted by atomic mass is 10.1. The zero-order valence-corrected chi connectivity index (χ0v) is 9.91. The van der Waals surface area contributed by atoms with Crippen LogP contribution in [0, 0.1) is 0 Å². The van der Waals surface area contributed by atoms with Crippen molar-refractivity contribution in [3.63, 3.8) is 0 Å². The van der Waals surface area contributed by atoms with Crippen molar-refractivity contribution in [2.45, 2.75) is 18.5 Å². The Morgan fingerprint density at radius 3 is 2.67 bits per heavy atom. The van der Waals surface area contributed by atoms with Gasteiger partial charge in [-0.25, -0.2) is 9.79 Å². The molecule has 0 aliphatic carbocycles. The molecule has 1 unspecified atom stereocenters. The van der Waals surface area contributed by atoms with Crippen LogP contribution in [0.25, 0.3) is 0 Å². The molecule has 2 N–H and O–H groups in total. The third kappa shape index (κ3) is 3.24. The smallest absolute Gasteiger partial charge is 0.362 e. The van der Waals surface area contributed by atoms with Crippen LogP contribution >= 0.6 is 12.2 Å². The van der Waals surface area contributed by atoms with Crippen LogP contribution in [0.3, 0.4) is 0 Å². The van der Waals surface area contributed by atoms with Gasteiger partial charge in [0.1, 0.15) is 0 Å².